The van der Waals surface area contributed by atoms with Gasteiger partial charge in [-0.25, -0.2) is 0 Å². The summed E-state index contributed by atoms with van der Waals surface area (Å²) in [7, 11) is 0. The molecular formula is C12H15BrCl2N2. The van der Waals surface area contributed by atoms with E-state index in [1.54, 1.807) is 0 Å². The van der Waals surface area contributed by atoms with Crippen LogP contribution < -0.4 is 11.1 Å². The number of benzene rings is 1. The Morgan fingerprint density at radius 2 is 1.76 bits per heavy atom. The molecular weight excluding hydrogens is 323 g/mol. The Balaban J connectivity index is 2.06. The molecule has 0 aromatic heterocycles. The second-order valence-electron chi connectivity index (χ2n) is 4.48. The summed E-state index contributed by atoms with van der Waals surface area (Å²) in [6.45, 7) is 0. The maximum atomic E-state index is 6.20. The van der Waals surface area contributed by atoms with Gasteiger partial charge in [-0.1, -0.05) is 23.2 Å². The molecule has 1 fully saturated rings. The smallest absolute Gasteiger partial charge is 0.0835 e. The number of halogens is 3. The summed E-state index contributed by atoms with van der Waals surface area (Å²) in [6, 6.07) is 4.67. The van der Waals surface area contributed by atoms with Crippen LogP contribution in [-0.4, -0.2) is 12.1 Å². The quantitative estimate of drug-likeness (QED) is 0.783. The second kappa shape index (κ2) is 5.79. The van der Waals surface area contributed by atoms with Crippen LogP contribution in [0.5, 0.6) is 0 Å². The van der Waals surface area contributed by atoms with E-state index in [0.717, 1.165) is 35.8 Å². The monoisotopic (exact) mass is 336 g/mol. The molecule has 2 nitrogen and oxygen atoms in total. The van der Waals surface area contributed by atoms with Crippen LogP contribution in [0.2, 0.25) is 10.0 Å². The number of rotatable bonds is 2. The molecule has 1 aromatic rings. The summed E-state index contributed by atoms with van der Waals surface area (Å²) in [4.78, 5) is 0. The van der Waals surface area contributed by atoms with Crippen LogP contribution in [0.25, 0.3) is 0 Å². The summed E-state index contributed by atoms with van der Waals surface area (Å²) < 4.78 is 0.820. The molecule has 5 heteroatoms. The van der Waals surface area contributed by atoms with E-state index in [4.69, 9.17) is 28.9 Å². The van der Waals surface area contributed by atoms with Gasteiger partial charge in [0.15, 0.2) is 0 Å². The van der Waals surface area contributed by atoms with Gasteiger partial charge in [0.05, 0.1) is 15.7 Å². The first-order chi connectivity index (χ1) is 8.08. The summed E-state index contributed by atoms with van der Waals surface area (Å²) in [5.41, 5.74) is 6.79. The minimum absolute atomic E-state index is 0.358. The summed E-state index contributed by atoms with van der Waals surface area (Å²) in [5.74, 6) is 0. The van der Waals surface area contributed by atoms with Crippen LogP contribution in [0.3, 0.4) is 0 Å². The highest BCUT2D eigenvalue weighted by molar-refractivity contribution is 9.10. The lowest BCUT2D eigenvalue weighted by atomic mass is 9.92. The summed E-state index contributed by atoms with van der Waals surface area (Å²) >= 11 is 15.6. The molecule has 0 spiro atoms. The van der Waals surface area contributed by atoms with Gasteiger partial charge in [-0.15, -0.1) is 0 Å². The van der Waals surface area contributed by atoms with Crippen molar-refractivity contribution in [3.8, 4) is 0 Å². The number of hydrogen-bond acceptors (Lipinski definition) is 2. The number of nitrogens with two attached hydrogens (primary N) is 1. The van der Waals surface area contributed by atoms with Crippen molar-refractivity contribution in [2.45, 2.75) is 37.8 Å². The van der Waals surface area contributed by atoms with Gasteiger partial charge in [0.2, 0.25) is 0 Å². The van der Waals surface area contributed by atoms with Gasteiger partial charge in [0.25, 0.3) is 0 Å². The maximum Gasteiger partial charge on any atom is 0.0835 e. The fraction of sp³-hybridized carbons (Fsp3) is 0.500. The van der Waals surface area contributed by atoms with E-state index >= 15 is 0 Å². The van der Waals surface area contributed by atoms with E-state index in [0.29, 0.717) is 22.1 Å². The van der Waals surface area contributed by atoms with Gasteiger partial charge in [-0.3, -0.25) is 0 Å². The molecule has 17 heavy (non-hydrogen) atoms. The SMILES string of the molecule is NC1CCC(Nc2ccc(Br)c(Cl)c2Cl)CC1. The fourth-order valence-electron chi connectivity index (χ4n) is 2.12. The summed E-state index contributed by atoms with van der Waals surface area (Å²) in [5, 5.41) is 4.58. The first kappa shape index (κ1) is 13.5. The van der Waals surface area contributed by atoms with Crippen molar-refractivity contribution in [2.24, 2.45) is 5.73 Å². The largest absolute Gasteiger partial charge is 0.381 e. The van der Waals surface area contributed by atoms with Crippen molar-refractivity contribution >= 4 is 44.8 Å². The molecule has 0 radical (unpaired) electrons. The van der Waals surface area contributed by atoms with Crippen molar-refractivity contribution in [3.05, 3.63) is 26.7 Å². The van der Waals surface area contributed by atoms with E-state index in [1.165, 1.54) is 0 Å². The summed E-state index contributed by atoms with van der Waals surface area (Å²) in [6.07, 6.45) is 4.31. The highest BCUT2D eigenvalue weighted by Gasteiger charge is 2.19. The Bertz CT molecular complexity index is 404. The second-order valence-corrected chi connectivity index (χ2v) is 6.09. The molecule has 94 valence electrons. The molecule has 0 aliphatic heterocycles. The van der Waals surface area contributed by atoms with Crippen LogP contribution in [0, 0.1) is 0 Å². The van der Waals surface area contributed by atoms with Gasteiger partial charge in [-0.2, -0.15) is 0 Å². The normalized spacial score (nSPS) is 24.7. The molecule has 0 amide bonds. The van der Waals surface area contributed by atoms with Crippen molar-refractivity contribution in [1.82, 2.24) is 0 Å². The number of hydrogen-bond donors (Lipinski definition) is 2. The zero-order chi connectivity index (χ0) is 12.4. The van der Waals surface area contributed by atoms with Gasteiger partial charge in [0.1, 0.15) is 0 Å². The molecule has 3 N–H and O–H groups in total. The van der Waals surface area contributed by atoms with Gasteiger partial charge < -0.3 is 11.1 Å². The zero-order valence-electron chi connectivity index (χ0n) is 9.35. The average molecular weight is 338 g/mol. The fourth-order valence-corrected chi connectivity index (χ4v) is 2.95. The van der Waals surface area contributed by atoms with Crippen LogP contribution in [0.4, 0.5) is 5.69 Å². The van der Waals surface area contributed by atoms with E-state index < -0.39 is 0 Å². The molecule has 0 bridgehead atoms. The predicted molar refractivity (Wildman–Crippen MR) is 78.0 cm³/mol. The standard InChI is InChI=1S/C12H15BrCl2N2/c13-9-5-6-10(12(15)11(9)14)17-8-3-1-7(16)2-4-8/h5-8,17H,1-4,16H2. The van der Waals surface area contributed by atoms with Crippen molar-refractivity contribution in [1.29, 1.82) is 0 Å². The average Bonchev–Trinajstić information content (AvgIpc) is 2.33. The minimum Gasteiger partial charge on any atom is -0.381 e. The Morgan fingerprint density at radius 3 is 2.41 bits per heavy atom. The molecule has 0 atom stereocenters. The number of anilines is 1. The first-order valence-corrected chi connectivity index (χ1v) is 7.28. The van der Waals surface area contributed by atoms with Crippen molar-refractivity contribution in [3.63, 3.8) is 0 Å². The minimum atomic E-state index is 0.358. The molecule has 0 heterocycles. The highest BCUT2D eigenvalue weighted by atomic mass is 79.9. The Morgan fingerprint density at radius 1 is 1.12 bits per heavy atom. The number of nitrogens with one attached hydrogen (secondary N) is 1. The predicted octanol–water partition coefficient (Wildman–Crippen LogP) is 4.44. The topological polar surface area (TPSA) is 38.0 Å². The van der Waals surface area contributed by atoms with Gasteiger partial charge in [0, 0.05) is 16.6 Å². The van der Waals surface area contributed by atoms with Gasteiger partial charge >= 0.3 is 0 Å². The van der Waals surface area contributed by atoms with Crippen molar-refractivity contribution < 1.29 is 0 Å². The van der Waals surface area contributed by atoms with Crippen LogP contribution in [0.15, 0.2) is 16.6 Å². The Labute approximate surface area is 120 Å². The van der Waals surface area contributed by atoms with E-state index in [1.807, 2.05) is 12.1 Å². The third kappa shape index (κ3) is 3.28. The zero-order valence-corrected chi connectivity index (χ0v) is 12.4. The Kier molecular flexibility index (Phi) is 4.59. The third-order valence-corrected chi connectivity index (χ3v) is 4.94. The third-order valence-electron chi connectivity index (χ3n) is 3.17. The molecule has 1 aromatic carbocycles. The van der Waals surface area contributed by atoms with Crippen LogP contribution in [0.1, 0.15) is 25.7 Å². The Hall–Kier alpha value is 0.0400. The molecule has 1 aliphatic rings. The lowest BCUT2D eigenvalue weighted by molar-refractivity contribution is 0.411. The lowest BCUT2D eigenvalue weighted by Gasteiger charge is -2.28. The molecule has 1 aliphatic carbocycles. The van der Waals surface area contributed by atoms with Crippen LogP contribution >= 0.6 is 39.1 Å². The van der Waals surface area contributed by atoms with E-state index in [9.17, 15) is 0 Å². The molecule has 1 saturated carbocycles. The lowest BCUT2D eigenvalue weighted by Crippen LogP contribution is -2.32. The highest BCUT2D eigenvalue weighted by Crippen LogP contribution is 2.36. The van der Waals surface area contributed by atoms with Crippen LogP contribution in [-0.2, 0) is 0 Å². The maximum absolute atomic E-state index is 6.20. The molecule has 2 rings (SSSR count). The van der Waals surface area contributed by atoms with E-state index in [2.05, 4.69) is 21.2 Å². The first-order valence-electron chi connectivity index (χ1n) is 5.73. The van der Waals surface area contributed by atoms with Gasteiger partial charge in [-0.05, 0) is 53.7 Å². The molecule has 0 saturated heterocycles. The van der Waals surface area contributed by atoms with Crippen molar-refractivity contribution in [2.75, 3.05) is 5.32 Å². The molecule has 0 unspecified atom stereocenters. The van der Waals surface area contributed by atoms with E-state index in [-0.39, 0.29) is 0 Å².